The molecule has 1 amide bonds. The first-order chi connectivity index (χ1) is 12.1. The smallest absolute Gasteiger partial charge is 0.332 e. The normalized spacial score (nSPS) is 24.2. The fourth-order valence-corrected chi connectivity index (χ4v) is 4.69. The number of carboxylic acid groups (broad SMARTS) is 1. The molecule has 136 valence electrons. The summed E-state index contributed by atoms with van der Waals surface area (Å²) in [6.07, 6.45) is 5.94. The summed E-state index contributed by atoms with van der Waals surface area (Å²) in [5.41, 5.74) is 1.94. The minimum Gasteiger partial charge on any atom is -0.479 e. The highest BCUT2D eigenvalue weighted by Crippen LogP contribution is 2.31. The van der Waals surface area contributed by atoms with Gasteiger partial charge in [-0.2, -0.15) is 11.8 Å². The highest BCUT2D eigenvalue weighted by atomic mass is 32.2. The second-order valence-corrected chi connectivity index (χ2v) is 8.08. The van der Waals surface area contributed by atoms with Crippen LogP contribution in [0.1, 0.15) is 50.5 Å². The summed E-state index contributed by atoms with van der Waals surface area (Å²) in [4.78, 5) is 23.2. The van der Waals surface area contributed by atoms with Crippen molar-refractivity contribution in [2.24, 2.45) is 0 Å². The van der Waals surface area contributed by atoms with Gasteiger partial charge in [0.2, 0.25) is 0 Å². The number of anilines is 1. The first-order valence-electron chi connectivity index (χ1n) is 9.01. The van der Waals surface area contributed by atoms with Gasteiger partial charge in [0.05, 0.1) is 0 Å². The van der Waals surface area contributed by atoms with Gasteiger partial charge in [-0.25, -0.2) is 4.79 Å². The quantitative estimate of drug-likeness (QED) is 0.803. The monoisotopic (exact) mass is 363 g/mol. The summed E-state index contributed by atoms with van der Waals surface area (Å²) >= 11 is 2.00. The van der Waals surface area contributed by atoms with E-state index in [4.69, 9.17) is 9.84 Å². The van der Waals surface area contributed by atoms with Crippen molar-refractivity contribution in [1.29, 1.82) is 0 Å². The predicted molar refractivity (Wildman–Crippen MR) is 98.8 cm³/mol. The van der Waals surface area contributed by atoms with Gasteiger partial charge in [0.15, 0.2) is 6.10 Å². The molecule has 2 fully saturated rings. The van der Waals surface area contributed by atoms with Crippen LogP contribution in [0.25, 0.3) is 0 Å². The number of amides is 1. The third kappa shape index (κ3) is 5.22. The Morgan fingerprint density at radius 2 is 1.88 bits per heavy atom. The molecule has 6 heteroatoms. The molecule has 0 unspecified atom stereocenters. The Labute approximate surface area is 152 Å². The third-order valence-corrected chi connectivity index (χ3v) is 6.26. The summed E-state index contributed by atoms with van der Waals surface area (Å²) in [6.45, 7) is 0. The lowest BCUT2D eigenvalue weighted by Crippen LogP contribution is -2.29. The molecular formula is C19H25NO4S. The second-order valence-electron chi connectivity index (χ2n) is 6.79. The van der Waals surface area contributed by atoms with Crippen molar-refractivity contribution in [2.45, 2.75) is 68.2 Å². The Bertz CT molecular complexity index is 615. The van der Waals surface area contributed by atoms with Crippen molar-refractivity contribution in [3.8, 4) is 0 Å². The summed E-state index contributed by atoms with van der Waals surface area (Å²) in [6, 6.07) is 7.88. The molecule has 1 heterocycles. The summed E-state index contributed by atoms with van der Waals surface area (Å²) in [7, 11) is 0. The van der Waals surface area contributed by atoms with Gasteiger partial charge in [0, 0.05) is 16.7 Å². The van der Waals surface area contributed by atoms with E-state index < -0.39 is 18.2 Å². The van der Waals surface area contributed by atoms with Crippen LogP contribution in [-0.4, -0.2) is 34.4 Å². The second kappa shape index (κ2) is 8.72. The van der Waals surface area contributed by atoms with Gasteiger partial charge in [-0.3, -0.25) is 4.79 Å². The van der Waals surface area contributed by atoms with Gasteiger partial charge < -0.3 is 15.2 Å². The van der Waals surface area contributed by atoms with E-state index in [2.05, 4.69) is 11.4 Å². The molecule has 2 atom stereocenters. The fraction of sp³-hybridized carbons (Fsp3) is 0.579. The van der Waals surface area contributed by atoms with Crippen molar-refractivity contribution >= 4 is 29.3 Å². The average molecular weight is 363 g/mol. The molecule has 2 N–H and O–H groups in total. The molecule has 25 heavy (non-hydrogen) atoms. The van der Waals surface area contributed by atoms with Crippen LogP contribution in [0.4, 0.5) is 5.69 Å². The molecule has 1 aromatic carbocycles. The Morgan fingerprint density at radius 3 is 2.60 bits per heavy atom. The van der Waals surface area contributed by atoms with Gasteiger partial charge in [0.25, 0.3) is 5.91 Å². The number of carboxylic acids is 1. The first kappa shape index (κ1) is 18.3. The lowest BCUT2D eigenvalue weighted by Gasteiger charge is -2.21. The van der Waals surface area contributed by atoms with Crippen LogP contribution in [0.15, 0.2) is 24.3 Å². The molecule has 0 radical (unpaired) electrons. The number of ether oxygens (including phenoxy) is 1. The van der Waals surface area contributed by atoms with Crippen LogP contribution in [-0.2, 0) is 20.1 Å². The number of rotatable bonds is 6. The number of nitrogens with one attached hydrogen (secondary N) is 1. The fourth-order valence-electron chi connectivity index (χ4n) is 3.42. The number of aliphatic carboxylic acids is 1. The maximum atomic E-state index is 12.3. The molecule has 5 nitrogen and oxygen atoms in total. The molecule has 2 aliphatic rings. The van der Waals surface area contributed by atoms with Crippen molar-refractivity contribution in [3.63, 3.8) is 0 Å². The standard InChI is InChI=1S/C19H25NO4S/c21-18(16-9-10-17(24-16)19(22)23)20-14-6-4-5-13(11-14)12-25-15-7-2-1-3-8-15/h4-6,11,15-17H,1-3,7-10,12H2,(H,20,21)(H,22,23)/t16-,17+/m0/s1. The molecule has 1 aromatic rings. The summed E-state index contributed by atoms with van der Waals surface area (Å²) < 4.78 is 5.30. The molecule has 0 bridgehead atoms. The highest BCUT2D eigenvalue weighted by Gasteiger charge is 2.34. The average Bonchev–Trinajstić information content (AvgIpc) is 3.12. The zero-order valence-electron chi connectivity index (χ0n) is 14.3. The Kier molecular flexibility index (Phi) is 6.37. The minimum atomic E-state index is -1.00. The highest BCUT2D eigenvalue weighted by molar-refractivity contribution is 7.99. The predicted octanol–water partition coefficient (Wildman–Crippen LogP) is 3.82. The Morgan fingerprint density at radius 1 is 1.12 bits per heavy atom. The van der Waals surface area contributed by atoms with Gasteiger partial charge in [0.1, 0.15) is 6.10 Å². The van der Waals surface area contributed by atoms with E-state index in [-0.39, 0.29) is 5.91 Å². The molecule has 1 saturated carbocycles. The number of carbonyl (C=O) groups excluding carboxylic acids is 1. The summed E-state index contributed by atoms with van der Waals surface area (Å²) in [5.74, 6) is -0.312. The molecule has 0 aromatic heterocycles. The van der Waals surface area contributed by atoms with E-state index in [1.54, 1.807) is 0 Å². The van der Waals surface area contributed by atoms with Crippen molar-refractivity contribution < 1.29 is 19.4 Å². The van der Waals surface area contributed by atoms with Crippen molar-refractivity contribution in [3.05, 3.63) is 29.8 Å². The van der Waals surface area contributed by atoms with E-state index in [1.165, 1.54) is 37.7 Å². The van der Waals surface area contributed by atoms with E-state index in [0.717, 1.165) is 16.7 Å². The van der Waals surface area contributed by atoms with Crippen LogP contribution in [0, 0.1) is 0 Å². The molecule has 1 aliphatic heterocycles. The van der Waals surface area contributed by atoms with E-state index in [0.29, 0.717) is 12.8 Å². The zero-order valence-corrected chi connectivity index (χ0v) is 15.1. The van der Waals surface area contributed by atoms with Crippen LogP contribution >= 0.6 is 11.8 Å². The Hall–Kier alpha value is -1.53. The molecule has 3 rings (SSSR count). The maximum absolute atomic E-state index is 12.3. The first-order valence-corrected chi connectivity index (χ1v) is 10.1. The minimum absolute atomic E-state index is 0.263. The summed E-state index contributed by atoms with van der Waals surface area (Å²) in [5, 5.41) is 12.6. The number of thioether (sulfide) groups is 1. The van der Waals surface area contributed by atoms with Crippen LogP contribution in [0.5, 0.6) is 0 Å². The zero-order chi connectivity index (χ0) is 17.6. The lowest BCUT2D eigenvalue weighted by molar-refractivity contribution is -0.150. The number of benzene rings is 1. The van der Waals surface area contributed by atoms with E-state index >= 15 is 0 Å². The van der Waals surface area contributed by atoms with Crippen LogP contribution in [0.3, 0.4) is 0 Å². The maximum Gasteiger partial charge on any atom is 0.332 e. The van der Waals surface area contributed by atoms with E-state index in [1.807, 2.05) is 30.0 Å². The van der Waals surface area contributed by atoms with Gasteiger partial charge >= 0.3 is 5.97 Å². The van der Waals surface area contributed by atoms with Crippen molar-refractivity contribution in [2.75, 3.05) is 5.32 Å². The molecule has 1 saturated heterocycles. The van der Waals surface area contributed by atoms with Gasteiger partial charge in [-0.1, -0.05) is 31.4 Å². The number of carbonyl (C=O) groups is 2. The van der Waals surface area contributed by atoms with Crippen LogP contribution in [0.2, 0.25) is 0 Å². The van der Waals surface area contributed by atoms with Crippen LogP contribution < -0.4 is 5.32 Å². The molecule has 0 spiro atoms. The topological polar surface area (TPSA) is 75.6 Å². The van der Waals surface area contributed by atoms with Crippen molar-refractivity contribution in [1.82, 2.24) is 0 Å². The number of hydrogen-bond donors (Lipinski definition) is 2. The third-order valence-electron chi connectivity index (χ3n) is 4.82. The lowest BCUT2D eigenvalue weighted by atomic mass is 10.0. The van der Waals surface area contributed by atoms with Gasteiger partial charge in [-0.05, 0) is 43.4 Å². The molecule has 1 aliphatic carbocycles. The van der Waals surface area contributed by atoms with Gasteiger partial charge in [-0.15, -0.1) is 0 Å². The Balaban J connectivity index is 1.51. The van der Waals surface area contributed by atoms with E-state index in [9.17, 15) is 9.59 Å². The SMILES string of the molecule is O=C(Nc1cccc(CSC2CCCCC2)c1)[C@@H]1CC[C@H](C(=O)O)O1. The molecular weight excluding hydrogens is 338 g/mol. The number of hydrogen-bond acceptors (Lipinski definition) is 4. The largest absolute Gasteiger partial charge is 0.479 e.